The first-order valence-electron chi connectivity index (χ1n) is 14.8. The number of hydrogen-bond acceptors (Lipinski definition) is 5. The summed E-state index contributed by atoms with van der Waals surface area (Å²) < 4.78 is 35.4. The standard InChI is InChI=1S/C35H38ClN3O5S/c1-4-37-35(41)32(23-27-13-7-6-8-14-27)38(24-28-15-9-10-16-30(28)36)34(40)25-39(31-17-11-12-18-33(31)44-5-2)45(42,43)29-21-19-26(3)20-22-29/h6-22,32H,4-5,23-25H2,1-3H3,(H,37,41)/t32-/m0/s1. The van der Waals surface area contributed by atoms with Crippen LogP contribution in [0.4, 0.5) is 5.69 Å². The fraction of sp³-hybridized carbons (Fsp3) is 0.257. The van der Waals surface area contributed by atoms with Gasteiger partial charge < -0.3 is 15.0 Å². The monoisotopic (exact) mass is 647 g/mol. The van der Waals surface area contributed by atoms with Crippen molar-refractivity contribution in [3.63, 3.8) is 0 Å². The molecule has 0 radical (unpaired) electrons. The molecule has 10 heteroatoms. The molecule has 1 atom stereocenters. The molecule has 0 unspecified atom stereocenters. The van der Waals surface area contributed by atoms with Crippen molar-refractivity contribution in [3.8, 4) is 5.75 Å². The molecule has 0 saturated heterocycles. The topological polar surface area (TPSA) is 96.0 Å². The Morgan fingerprint density at radius 1 is 0.867 bits per heavy atom. The molecule has 4 aromatic rings. The summed E-state index contributed by atoms with van der Waals surface area (Å²) in [5, 5.41) is 3.28. The smallest absolute Gasteiger partial charge is 0.264 e. The number of carbonyl (C=O) groups excluding carboxylic acids is 2. The molecule has 1 N–H and O–H groups in total. The average Bonchev–Trinajstić information content (AvgIpc) is 3.03. The van der Waals surface area contributed by atoms with E-state index in [0.717, 1.165) is 15.4 Å². The summed E-state index contributed by atoms with van der Waals surface area (Å²) in [5.74, 6) is -0.626. The van der Waals surface area contributed by atoms with Crippen molar-refractivity contribution in [3.05, 3.63) is 125 Å². The minimum atomic E-state index is -4.26. The van der Waals surface area contributed by atoms with E-state index in [4.69, 9.17) is 16.3 Å². The number of benzene rings is 4. The van der Waals surface area contributed by atoms with E-state index in [0.29, 0.717) is 29.5 Å². The number of rotatable bonds is 14. The lowest BCUT2D eigenvalue weighted by Crippen LogP contribution is -2.53. The number of carbonyl (C=O) groups is 2. The molecule has 0 aliphatic rings. The second kappa shape index (κ2) is 15.6. The normalized spacial score (nSPS) is 11.8. The van der Waals surface area contributed by atoms with E-state index in [2.05, 4.69) is 5.32 Å². The van der Waals surface area contributed by atoms with Crippen LogP contribution in [-0.2, 0) is 32.6 Å². The van der Waals surface area contributed by atoms with Crippen LogP contribution in [-0.4, -0.2) is 50.9 Å². The highest BCUT2D eigenvalue weighted by Gasteiger charge is 2.35. The van der Waals surface area contributed by atoms with E-state index in [1.165, 1.54) is 17.0 Å². The predicted octanol–water partition coefficient (Wildman–Crippen LogP) is 6.02. The zero-order valence-electron chi connectivity index (χ0n) is 25.6. The zero-order valence-corrected chi connectivity index (χ0v) is 27.2. The van der Waals surface area contributed by atoms with E-state index in [1.807, 2.05) is 37.3 Å². The highest BCUT2D eigenvalue weighted by molar-refractivity contribution is 7.92. The molecule has 4 aromatic carbocycles. The second-order valence-corrected chi connectivity index (χ2v) is 12.7. The van der Waals surface area contributed by atoms with Gasteiger partial charge in [0.05, 0.1) is 17.2 Å². The van der Waals surface area contributed by atoms with Crippen molar-refractivity contribution in [1.82, 2.24) is 10.2 Å². The van der Waals surface area contributed by atoms with Crippen LogP contribution in [0.1, 0.15) is 30.5 Å². The number of sulfonamides is 1. The molecule has 45 heavy (non-hydrogen) atoms. The molecule has 8 nitrogen and oxygen atoms in total. The van der Waals surface area contributed by atoms with Gasteiger partial charge in [-0.1, -0.05) is 90.0 Å². The number of anilines is 1. The van der Waals surface area contributed by atoms with Gasteiger partial charge in [-0.15, -0.1) is 0 Å². The van der Waals surface area contributed by atoms with Crippen molar-refractivity contribution in [1.29, 1.82) is 0 Å². The molecular formula is C35H38ClN3O5S. The van der Waals surface area contributed by atoms with Crippen LogP contribution in [0.5, 0.6) is 5.75 Å². The maximum absolute atomic E-state index is 14.5. The van der Waals surface area contributed by atoms with E-state index in [1.54, 1.807) is 74.5 Å². The van der Waals surface area contributed by atoms with Crippen LogP contribution in [0.2, 0.25) is 5.02 Å². The summed E-state index contributed by atoms with van der Waals surface area (Å²) in [6.07, 6.45) is 0.211. The van der Waals surface area contributed by atoms with Gasteiger partial charge in [-0.2, -0.15) is 0 Å². The maximum atomic E-state index is 14.5. The van der Waals surface area contributed by atoms with Gasteiger partial charge in [0.2, 0.25) is 11.8 Å². The van der Waals surface area contributed by atoms with E-state index in [9.17, 15) is 18.0 Å². The summed E-state index contributed by atoms with van der Waals surface area (Å²) in [6.45, 7) is 5.51. The Balaban J connectivity index is 1.84. The van der Waals surface area contributed by atoms with E-state index < -0.39 is 28.5 Å². The molecule has 236 valence electrons. The third-order valence-electron chi connectivity index (χ3n) is 7.24. The summed E-state index contributed by atoms with van der Waals surface area (Å²) in [7, 11) is -4.26. The first-order valence-corrected chi connectivity index (χ1v) is 16.6. The summed E-state index contributed by atoms with van der Waals surface area (Å²) >= 11 is 6.54. The molecule has 0 aromatic heterocycles. The average molecular weight is 648 g/mol. The van der Waals surface area contributed by atoms with Gasteiger partial charge in [0, 0.05) is 24.5 Å². The number of amides is 2. The van der Waals surface area contributed by atoms with Gasteiger partial charge in [-0.05, 0) is 62.2 Å². The fourth-order valence-corrected chi connectivity index (χ4v) is 6.57. The number of likely N-dealkylation sites (N-methyl/N-ethyl adjacent to an activating group) is 1. The molecular weight excluding hydrogens is 610 g/mol. The van der Waals surface area contributed by atoms with Crippen LogP contribution < -0.4 is 14.4 Å². The van der Waals surface area contributed by atoms with Crippen molar-refractivity contribution in [2.24, 2.45) is 0 Å². The third kappa shape index (κ3) is 8.44. The van der Waals surface area contributed by atoms with Gasteiger partial charge in [0.25, 0.3) is 10.0 Å². The summed E-state index contributed by atoms with van der Waals surface area (Å²) in [4.78, 5) is 29.6. The lowest BCUT2D eigenvalue weighted by molar-refractivity contribution is -0.140. The molecule has 2 amide bonds. The van der Waals surface area contributed by atoms with E-state index in [-0.39, 0.29) is 29.5 Å². The van der Waals surface area contributed by atoms with Crippen molar-refractivity contribution < 1.29 is 22.7 Å². The number of halogens is 1. The van der Waals surface area contributed by atoms with Crippen LogP contribution in [0.3, 0.4) is 0 Å². The number of aryl methyl sites for hydroxylation is 1. The Bertz CT molecular complexity index is 1700. The first-order chi connectivity index (χ1) is 21.6. The Labute approximate surface area is 270 Å². The Hall–Kier alpha value is -4.34. The molecule has 0 aliphatic heterocycles. The maximum Gasteiger partial charge on any atom is 0.264 e. The number of nitrogens with one attached hydrogen (secondary N) is 1. The number of ether oxygens (including phenoxy) is 1. The Morgan fingerprint density at radius 3 is 2.18 bits per heavy atom. The number of nitrogens with zero attached hydrogens (tertiary/aromatic N) is 2. The molecule has 0 saturated carbocycles. The van der Waals surface area contributed by atoms with Crippen molar-refractivity contribution >= 4 is 39.1 Å². The number of para-hydroxylation sites is 2. The largest absolute Gasteiger partial charge is 0.492 e. The lowest BCUT2D eigenvalue weighted by atomic mass is 10.0. The fourth-order valence-electron chi connectivity index (χ4n) is 4.95. The minimum Gasteiger partial charge on any atom is -0.492 e. The van der Waals surface area contributed by atoms with Crippen LogP contribution in [0, 0.1) is 6.92 Å². The minimum absolute atomic E-state index is 0.0152. The highest BCUT2D eigenvalue weighted by atomic mass is 35.5. The van der Waals surface area contributed by atoms with Gasteiger partial charge in [0.1, 0.15) is 18.3 Å². The molecule has 0 aliphatic carbocycles. The van der Waals surface area contributed by atoms with Gasteiger partial charge in [-0.3, -0.25) is 13.9 Å². The highest BCUT2D eigenvalue weighted by Crippen LogP contribution is 2.33. The van der Waals surface area contributed by atoms with Crippen LogP contribution in [0.15, 0.2) is 108 Å². The zero-order chi connectivity index (χ0) is 32.4. The lowest BCUT2D eigenvalue weighted by Gasteiger charge is -2.34. The van der Waals surface area contributed by atoms with Crippen LogP contribution >= 0.6 is 11.6 Å². The Morgan fingerprint density at radius 2 is 1.51 bits per heavy atom. The summed E-state index contributed by atoms with van der Waals surface area (Å²) in [6, 6.07) is 28.6. The van der Waals surface area contributed by atoms with Crippen molar-refractivity contribution in [2.45, 2.75) is 44.7 Å². The van der Waals surface area contributed by atoms with Gasteiger partial charge >= 0.3 is 0 Å². The Kier molecular flexibility index (Phi) is 11.6. The SMILES string of the molecule is CCNC(=O)[C@H](Cc1ccccc1)N(Cc1ccccc1Cl)C(=O)CN(c1ccccc1OCC)S(=O)(=O)c1ccc(C)cc1. The molecule has 0 bridgehead atoms. The van der Waals surface area contributed by atoms with Crippen LogP contribution in [0.25, 0.3) is 0 Å². The van der Waals surface area contributed by atoms with E-state index >= 15 is 0 Å². The second-order valence-electron chi connectivity index (χ2n) is 10.4. The number of hydrogen-bond donors (Lipinski definition) is 1. The van der Waals surface area contributed by atoms with Gasteiger partial charge in [0.15, 0.2) is 0 Å². The molecule has 0 spiro atoms. The quantitative estimate of drug-likeness (QED) is 0.181. The van der Waals surface area contributed by atoms with Gasteiger partial charge in [-0.25, -0.2) is 8.42 Å². The predicted molar refractivity (Wildman–Crippen MR) is 178 cm³/mol. The third-order valence-corrected chi connectivity index (χ3v) is 9.38. The summed E-state index contributed by atoms with van der Waals surface area (Å²) in [5.41, 5.74) is 2.57. The first kappa shape index (κ1) is 33.6. The molecule has 4 rings (SSSR count). The molecule has 0 fully saturated rings. The van der Waals surface area contributed by atoms with Crippen molar-refractivity contribution in [2.75, 3.05) is 24.0 Å². The molecule has 0 heterocycles.